The first kappa shape index (κ1) is 14.5. The maximum Gasteiger partial charge on any atom is 0.0957 e. The number of rotatable bonds is 6. The molecular weight excluding hydrogens is 226 g/mol. The van der Waals surface area contributed by atoms with Crippen LogP contribution in [0.15, 0.2) is 18.3 Å². The summed E-state index contributed by atoms with van der Waals surface area (Å²) in [6.45, 7) is 7.42. The van der Waals surface area contributed by atoms with E-state index >= 15 is 0 Å². The molecule has 2 unspecified atom stereocenters. The zero-order valence-electron chi connectivity index (χ0n) is 11.3. The van der Waals surface area contributed by atoms with Gasteiger partial charge in [-0.05, 0) is 32.4 Å². The van der Waals surface area contributed by atoms with Crippen molar-refractivity contribution in [3.8, 4) is 6.07 Å². The topological polar surface area (TPSA) is 60.1 Å². The van der Waals surface area contributed by atoms with E-state index in [4.69, 9.17) is 5.26 Å². The number of hydrogen-bond acceptors (Lipinski definition) is 4. The van der Waals surface area contributed by atoms with E-state index in [0.29, 0.717) is 18.7 Å². The van der Waals surface area contributed by atoms with Crippen LogP contribution in [0.3, 0.4) is 0 Å². The molecule has 0 bridgehead atoms. The van der Waals surface area contributed by atoms with Crippen molar-refractivity contribution in [1.82, 2.24) is 4.98 Å². The molecule has 4 nitrogen and oxygen atoms in total. The van der Waals surface area contributed by atoms with Crippen LogP contribution in [0, 0.1) is 17.2 Å². The average molecular weight is 247 g/mol. The fraction of sp³-hybridized carbons (Fsp3) is 0.571. The van der Waals surface area contributed by atoms with Gasteiger partial charge in [0.1, 0.15) is 0 Å². The summed E-state index contributed by atoms with van der Waals surface area (Å²) in [5.74, 6) is -0.00846. The predicted molar refractivity (Wildman–Crippen MR) is 72.2 cm³/mol. The Balaban J connectivity index is 2.79. The molecule has 1 heterocycles. The number of aliphatic hydroxyl groups is 1. The van der Waals surface area contributed by atoms with Crippen molar-refractivity contribution in [2.75, 3.05) is 18.0 Å². The van der Waals surface area contributed by atoms with Gasteiger partial charge in [0, 0.05) is 13.1 Å². The smallest absolute Gasteiger partial charge is 0.0957 e. The van der Waals surface area contributed by atoms with Crippen molar-refractivity contribution in [2.45, 2.75) is 33.3 Å². The molecule has 98 valence electrons. The number of nitrogens with zero attached hydrogens (tertiary/aromatic N) is 3. The van der Waals surface area contributed by atoms with Crippen molar-refractivity contribution in [3.63, 3.8) is 0 Å². The Labute approximate surface area is 109 Å². The van der Waals surface area contributed by atoms with Gasteiger partial charge < -0.3 is 10.0 Å². The summed E-state index contributed by atoms with van der Waals surface area (Å²) in [5.41, 5.74) is 1.69. The van der Waals surface area contributed by atoms with Crippen molar-refractivity contribution in [1.29, 1.82) is 5.26 Å². The maximum absolute atomic E-state index is 9.68. The van der Waals surface area contributed by atoms with E-state index in [-0.39, 0.29) is 5.92 Å². The molecule has 0 amide bonds. The lowest BCUT2D eigenvalue weighted by molar-refractivity contribution is 0.169. The Kier molecular flexibility index (Phi) is 5.60. The molecule has 0 radical (unpaired) electrons. The van der Waals surface area contributed by atoms with Crippen LogP contribution in [0.1, 0.15) is 39.0 Å². The molecule has 1 N–H and O–H groups in total. The van der Waals surface area contributed by atoms with Crippen molar-refractivity contribution >= 4 is 5.69 Å². The second-order valence-corrected chi connectivity index (χ2v) is 4.43. The molecule has 1 aromatic rings. The van der Waals surface area contributed by atoms with Gasteiger partial charge in [-0.25, -0.2) is 0 Å². The van der Waals surface area contributed by atoms with Crippen molar-refractivity contribution in [3.05, 3.63) is 24.0 Å². The van der Waals surface area contributed by atoms with E-state index in [1.165, 1.54) is 0 Å². The van der Waals surface area contributed by atoms with Gasteiger partial charge >= 0.3 is 0 Å². The van der Waals surface area contributed by atoms with Crippen LogP contribution in [-0.2, 0) is 0 Å². The summed E-state index contributed by atoms with van der Waals surface area (Å²) in [7, 11) is 0. The zero-order chi connectivity index (χ0) is 13.5. The van der Waals surface area contributed by atoms with E-state index < -0.39 is 6.10 Å². The number of anilines is 1. The van der Waals surface area contributed by atoms with Crippen molar-refractivity contribution in [2.24, 2.45) is 5.92 Å². The summed E-state index contributed by atoms with van der Waals surface area (Å²) in [6.07, 6.45) is 1.93. The molecule has 4 heteroatoms. The normalized spacial score (nSPS) is 13.7. The minimum atomic E-state index is -0.493. The van der Waals surface area contributed by atoms with E-state index in [0.717, 1.165) is 12.2 Å². The number of hydrogen-bond donors (Lipinski definition) is 1. The van der Waals surface area contributed by atoms with Gasteiger partial charge in [0.25, 0.3) is 0 Å². The lowest BCUT2D eigenvalue weighted by atomic mass is 10.1. The second-order valence-electron chi connectivity index (χ2n) is 4.43. The molecule has 18 heavy (non-hydrogen) atoms. The van der Waals surface area contributed by atoms with Crippen LogP contribution in [0.25, 0.3) is 0 Å². The van der Waals surface area contributed by atoms with Gasteiger partial charge in [-0.3, -0.25) is 4.98 Å². The largest absolute Gasteiger partial charge is 0.387 e. The molecule has 0 aliphatic rings. The Bertz CT molecular complexity index is 396. The average Bonchev–Trinajstić information content (AvgIpc) is 2.43. The first-order valence-corrected chi connectivity index (χ1v) is 6.40. The van der Waals surface area contributed by atoms with Crippen molar-refractivity contribution < 1.29 is 5.11 Å². The molecule has 0 spiro atoms. The van der Waals surface area contributed by atoms with Gasteiger partial charge in [-0.1, -0.05) is 6.92 Å². The number of nitriles is 1. The zero-order valence-corrected chi connectivity index (χ0v) is 11.3. The maximum atomic E-state index is 9.68. The molecule has 0 fully saturated rings. The summed E-state index contributed by atoms with van der Waals surface area (Å²) in [4.78, 5) is 6.39. The van der Waals surface area contributed by atoms with E-state index in [1.807, 2.05) is 26.0 Å². The van der Waals surface area contributed by atoms with Gasteiger partial charge in [0.2, 0.25) is 0 Å². The number of pyridine rings is 1. The fourth-order valence-electron chi connectivity index (χ4n) is 1.78. The van der Waals surface area contributed by atoms with Gasteiger partial charge in [-0.2, -0.15) is 5.26 Å². The van der Waals surface area contributed by atoms with E-state index in [1.54, 1.807) is 6.20 Å². The third kappa shape index (κ3) is 3.71. The minimum absolute atomic E-state index is 0.00846. The Morgan fingerprint density at radius 2 is 2.17 bits per heavy atom. The molecule has 1 rings (SSSR count). The lowest BCUT2D eigenvalue weighted by Gasteiger charge is -2.24. The SMILES string of the molecule is CCC(O)c1ccc(N(CC)CC(C)C#N)cn1. The van der Waals surface area contributed by atoms with Crippen LogP contribution < -0.4 is 4.90 Å². The predicted octanol–water partition coefficient (Wildman–Crippen LogP) is 2.51. The monoisotopic (exact) mass is 247 g/mol. The van der Waals surface area contributed by atoms with Gasteiger partial charge in [-0.15, -0.1) is 0 Å². The van der Waals surface area contributed by atoms with Crippen LogP contribution in [-0.4, -0.2) is 23.2 Å². The third-order valence-corrected chi connectivity index (χ3v) is 2.96. The highest BCUT2D eigenvalue weighted by atomic mass is 16.3. The summed E-state index contributed by atoms with van der Waals surface area (Å²) in [6, 6.07) is 6.04. The van der Waals surface area contributed by atoms with Crippen LogP contribution in [0.2, 0.25) is 0 Å². The molecule has 0 aliphatic heterocycles. The molecular formula is C14H21N3O. The summed E-state index contributed by atoms with van der Waals surface area (Å²) >= 11 is 0. The molecule has 1 aromatic heterocycles. The highest BCUT2D eigenvalue weighted by molar-refractivity contribution is 5.44. The Hall–Kier alpha value is -1.60. The first-order valence-electron chi connectivity index (χ1n) is 6.40. The Morgan fingerprint density at radius 3 is 2.61 bits per heavy atom. The van der Waals surface area contributed by atoms with E-state index in [2.05, 4.69) is 22.9 Å². The third-order valence-electron chi connectivity index (χ3n) is 2.96. The van der Waals surface area contributed by atoms with Gasteiger partial charge in [0.15, 0.2) is 0 Å². The lowest BCUT2D eigenvalue weighted by Crippen LogP contribution is -2.27. The summed E-state index contributed by atoms with van der Waals surface area (Å²) in [5, 5.41) is 18.5. The highest BCUT2D eigenvalue weighted by Crippen LogP contribution is 2.19. The molecule has 0 saturated heterocycles. The van der Waals surface area contributed by atoms with Gasteiger partial charge in [0.05, 0.1) is 35.7 Å². The Morgan fingerprint density at radius 1 is 1.44 bits per heavy atom. The van der Waals surface area contributed by atoms with Crippen LogP contribution in [0.5, 0.6) is 0 Å². The highest BCUT2D eigenvalue weighted by Gasteiger charge is 2.11. The quantitative estimate of drug-likeness (QED) is 0.839. The minimum Gasteiger partial charge on any atom is -0.387 e. The van der Waals surface area contributed by atoms with E-state index in [9.17, 15) is 5.11 Å². The van der Waals surface area contributed by atoms with Crippen LogP contribution in [0.4, 0.5) is 5.69 Å². The second kappa shape index (κ2) is 6.97. The molecule has 0 aromatic carbocycles. The standard InChI is InChI=1S/C14H21N3O/c1-4-14(18)13-7-6-12(9-16-13)17(5-2)10-11(3)8-15/h6-7,9,11,14,18H,4-5,10H2,1-3H3. The molecule has 0 aliphatic carbocycles. The fourth-order valence-corrected chi connectivity index (χ4v) is 1.78. The van der Waals surface area contributed by atoms with Crippen LogP contribution >= 0.6 is 0 Å². The summed E-state index contributed by atoms with van der Waals surface area (Å²) < 4.78 is 0. The number of aromatic nitrogens is 1. The molecule has 2 atom stereocenters. The number of aliphatic hydroxyl groups excluding tert-OH is 1. The molecule has 0 saturated carbocycles. The first-order chi connectivity index (χ1) is 8.62.